The van der Waals surface area contributed by atoms with Gasteiger partial charge in [-0.2, -0.15) is 0 Å². The van der Waals surface area contributed by atoms with Gasteiger partial charge < -0.3 is 4.98 Å². The second-order valence-electron chi connectivity index (χ2n) is 5.54. The summed E-state index contributed by atoms with van der Waals surface area (Å²) >= 11 is 0. The maximum atomic E-state index is 4.39. The van der Waals surface area contributed by atoms with Crippen molar-refractivity contribution in [1.29, 1.82) is 0 Å². The molecule has 2 aromatic heterocycles. The summed E-state index contributed by atoms with van der Waals surface area (Å²) in [7, 11) is 0. The molecule has 2 nitrogen and oxygen atoms in total. The van der Waals surface area contributed by atoms with Gasteiger partial charge in [0.15, 0.2) is 0 Å². The molecule has 0 radical (unpaired) electrons. The quantitative estimate of drug-likeness (QED) is 0.538. The predicted molar refractivity (Wildman–Crippen MR) is 91.7 cm³/mol. The average molecular weight is 284 g/mol. The Morgan fingerprint density at radius 2 is 1.68 bits per heavy atom. The van der Waals surface area contributed by atoms with E-state index in [1.807, 2.05) is 18.3 Å². The van der Waals surface area contributed by atoms with Crippen LogP contribution < -0.4 is 0 Å². The smallest absolute Gasteiger partial charge is 0.137 e. The Bertz CT molecular complexity index is 903. The third-order valence-electron chi connectivity index (χ3n) is 3.94. The lowest BCUT2D eigenvalue weighted by Gasteiger charge is -2.10. The molecule has 0 atom stereocenters. The Kier molecular flexibility index (Phi) is 3.01. The molecular formula is C20H16N2. The van der Waals surface area contributed by atoms with Crippen LogP contribution in [-0.2, 0) is 0 Å². The van der Waals surface area contributed by atoms with Crippen LogP contribution in [-0.4, -0.2) is 9.97 Å². The van der Waals surface area contributed by atoms with E-state index in [2.05, 4.69) is 71.5 Å². The molecule has 0 unspecified atom stereocenters. The van der Waals surface area contributed by atoms with Crippen molar-refractivity contribution in [2.45, 2.75) is 6.92 Å². The first-order chi connectivity index (χ1) is 10.8. The van der Waals surface area contributed by atoms with Crippen molar-refractivity contribution in [3.05, 3.63) is 78.5 Å². The number of H-pyrrole nitrogens is 1. The largest absolute Gasteiger partial charge is 0.339 e. The average Bonchev–Trinajstić information content (AvgIpc) is 2.99. The van der Waals surface area contributed by atoms with Gasteiger partial charge in [0.05, 0.1) is 0 Å². The van der Waals surface area contributed by atoms with Crippen molar-refractivity contribution in [3.8, 4) is 22.4 Å². The summed E-state index contributed by atoms with van der Waals surface area (Å²) < 4.78 is 0. The van der Waals surface area contributed by atoms with Crippen molar-refractivity contribution in [3.63, 3.8) is 0 Å². The molecule has 0 bridgehead atoms. The monoisotopic (exact) mass is 284 g/mol. The Morgan fingerprint density at radius 3 is 2.50 bits per heavy atom. The molecule has 106 valence electrons. The van der Waals surface area contributed by atoms with E-state index < -0.39 is 0 Å². The third-order valence-corrected chi connectivity index (χ3v) is 3.94. The van der Waals surface area contributed by atoms with Crippen LogP contribution in [0.5, 0.6) is 0 Å². The normalized spacial score (nSPS) is 11.0. The Hall–Kier alpha value is -2.87. The van der Waals surface area contributed by atoms with Gasteiger partial charge in [0, 0.05) is 22.8 Å². The number of hydrogen-bond donors (Lipinski definition) is 1. The SMILES string of the molecule is Cc1ccc(-c2cc3cccnc3[nH]2)c(-c2ccccc2)c1. The maximum absolute atomic E-state index is 4.39. The molecule has 4 aromatic rings. The molecular weight excluding hydrogens is 268 g/mol. The van der Waals surface area contributed by atoms with Crippen LogP contribution in [0.3, 0.4) is 0 Å². The number of nitrogens with zero attached hydrogens (tertiary/aromatic N) is 1. The fourth-order valence-electron chi connectivity index (χ4n) is 2.85. The molecule has 0 saturated carbocycles. The summed E-state index contributed by atoms with van der Waals surface area (Å²) in [6.07, 6.45) is 1.82. The predicted octanol–water partition coefficient (Wildman–Crippen LogP) is 5.21. The standard InChI is InChI=1S/C20H16N2/c1-14-9-10-17(18(12-14)15-6-3-2-4-7-15)19-13-16-8-5-11-21-20(16)22-19/h2-13H,1H3,(H,21,22). The summed E-state index contributed by atoms with van der Waals surface area (Å²) in [6, 6.07) is 23.3. The second kappa shape index (κ2) is 5.15. The van der Waals surface area contributed by atoms with Gasteiger partial charge in [0.25, 0.3) is 0 Å². The maximum Gasteiger partial charge on any atom is 0.137 e. The zero-order valence-corrected chi connectivity index (χ0v) is 12.4. The van der Waals surface area contributed by atoms with Crippen molar-refractivity contribution >= 4 is 11.0 Å². The topological polar surface area (TPSA) is 28.7 Å². The number of nitrogens with one attached hydrogen (secondary N) is 1. The lowest BCUT2D eigenvalue weighted by atomic mass is 9.96. The molecule has 2 aromatic carbocycles. The number of fused-ring (bicyclic) bond motifs is 1. The molecule has 0 saturated heterocycles. The van der Waals surface area contributed by atoms with Crippen LogP contribution in [0.15, 0.2) is 72.9 Å². The van der Waals surface area contributed by atoms with Crippen LogP contribution in [0.25, 0.3) is 33.4 Å². The van der Waals surface area contributed by atoms with E-state index in [1.54, 1.807) is 0 Å². The van der Waals surface area contributed by atoms with E-state index in [4.69, 9.17) is 0 Å². The molecule has 4 rings (SSSR count). The summed E-state index contributed by atoms with van der Waals surface area (Å²) in [5.74, 6) is 0. The molecule has 1 N–H and O–H groups in total. The van der Waals surface area contributed by atoms with E-state index in [0.717, 1.165) is 16.7 Å². The lowest BCUT2D eigenvalue weighted by Crippen LogP contribution is -1.87. The number of pyridine rings is 1. The van der Waals surface area contributed by atoms with Gasteiger partial charge in [-0.1, -0.05) is 54.1 Å². The van der Waals surface area contributed by atoms with Crippen LogP contribution >= 0.6 is 0 Å². The third kappa shape index (κ3) is 2.19. The molecule has 22 heavy (non-hydrogen) atoms. The minimum atomic E-state index is 0.928. The zero-order valence-electron chi connectivity index (χ0n) is 12.4. The van der Waals surface area contributed by atoms with Crippen LogP contribution in [0.1, 0.15) is 5.56 Å². The fraction of sp³-hybridized carbons (Fsp3) is 0.0500. The van der Waals surface area contributed by atoms with Crippen molar-refractivity contribution in [1.82, 2.24) is 9.97 Å². The van der Waals surface area contributed by atoms with E-state index in [1.165, 1.54) is 22.3 Å². The highest BCUT2D eigenvalue weighted by Crippen LogP contribution is 2.33. The Balaban J connectivity index is 1.95. The van der Waals surface area contributed by atoms with Gasteiger partial charge in [-0.05, 0) is 36.2 Å². The van der Waals surface area contributed by atoms with Crippen LogP contribution in [0, 0.1) is 6.92 Å². The van der Waals surface area contributed by atoms with Gasteiger partial charge in [0.2, 0.25) is 0 Å². The summed E-state index contributed by atoms with van der Waals surface area (Å²) in [5.41, 5.74) is 6.97. The summed E-state index contributed by atoms with van der Waals surface area (Å²) in [5, 5.41) is 1.14. The first-order valence-electron chi connectivity index (χ1n) is 7.41. The Morgan fingerprint density at radius 1 is 0.818 bits per heavy atom. The van der Waals surface area contributed by atoms with Crippen molar-refractivity contribution in [2.24, 2.45) is 0 Å². The van der Waals surface area contributed by atoms with Gasteiger partial charge in [-0.15, -0.1) is 0 Å². The molecule has 0 amide bonds. The summed E-state index contributed by atoms with van der Waals surface area (Å²) in [4.78, 5) is 7.82. The zero-order chi connectivity index (χ0) is 14.9. The minimum Gasteiger partial charge on any atom is -0.339 e. The number of aryl methyl sites for hydroxylation is 1. The van der Waals surface area contributed by atoms with E-state index in [-0.39, 0.29) is 0 Å². The van der Waals surface area contributed by atoms with Crippen LogP contribution in [0.2, 0.25) is 0 Å². The number of rotatable bonds is 2. The van der Waals surface area contributed by atoms with E-state index in [9.17, 15) is 0 Å². The highest BCUT2D eigenvalue weighted by Gasteiger charge is 2.10. The Labute approximate surface area is 129 Å². The summed E-state index contributed by atoms with van der Waals surface area (Å²) in [6.45, 7) is 2.13. The molecule has 0 aliphatic rings. The molecule has 2 heteroatoms. The second-order valence-corrected chi connectivity index (χ2v) is 5.54. The van der Waals surface area contributed by atoms with Crippen molar-refractivity contribution < 1.29 is 0 Å². The van der Waals surface area contributed by atoms with E-state index in [0.29, 0.717) is 0 Å². The van der Waals surface area contributed by atoms with Gasteiger partial charge >= 0.3 is 0 Å². The first kappa shape index (κ1) is 12.8. The van der Waals surface area contributed by atoms with Crippen molar-refractivity contribution in [2.75, 3.05) is 0 Å². The molecule has 2 heterocycles. The fourth-order valence-corrected chi connectivity index (χ4v) is 2.85. The minimum absolute atomic E-state index is 0.928. The van der Waals surface area contributed by atoms with Crippen LogP contribution in [0.4, 0.5) is 0 Å². The first-order valence-corrected chi connectivity index (χ1v) is 7.41. The lowest BCUT2D eigenvalue weighted by molar-refractivity contribution is 1.32. The molecule has 0 fully saturated rings. The van der Waals surface area contributed by atoms with Gasteiger partial charge in [-0.3, -0.25) is 0 Å². The number of benzene rings is 2. The molecule has 0 aliphatic carbocycles. The number of hydrogen-bond acceptors (Lipinski definition) is 1. The van der Waals surface area contributed by atoms with E-state index >= 15 is 0 Å². The highest BCUT2D eigenvalue weighted by molar-refractivity contribution is 5.89. The van der Waals surface area contributed by atoms with Gasteiger partial charge in [0.1, 0.15) is 5.65 Å². The number of aromatic amines is 1. The molecule has 0 spiro atoms. The van der Waals surface area contributed by atoms with Gasteiger partial charge in [-0.25, -0.2) is 4.98 Å². The number of aromatic nitrogens is 2. The molecule has 0 aliphatic heterocycles. The highest BCUT2D eigenvalue weighted by atomic mass is 14.8.